The molecule has 1 unspecified atom stereocenters. The summed E-state index contributed by atoms with van der Waals surface area (Å²) in [6.45, 7) is 14.0. The molecular formula is C21H35N3O2. The Hall–Kier alpha value is -1.62. The minimum Gasteiger partial charge on any atom is -0.443 e. The van der Waals surface area contributed by atoms with Crippen molar-refractivity contribution in [3.05, 3.63) is 23.9 Å². The molecule has 0 N–H and O–H groups in total. The lowest BCUT2D eigenvalue weighted by Gasteiger charge is -2.32. The van der Waals surface area contributed by atoms with Gasteiger partial charge in [0.2, 0.25) is 0 Å². The van der Waals surface area contributed by atoms with Crippen LogP contribution in [-0.4, -0.2) is 40.7 Å². The smallest absolute Gasteiger partial charge is 0.416 e. The Labute approximate surface area is 158 Å². The predicted octanol–water partition coefficient (Wildman–Crippen LogP) is 5.17. The highest BCUT2D eigenvalue weighted by atomic mass is 16.6. The third-order valence-corrected chi connectivity index (χ3v) is 4.74. The first-order chi connectivity index (χ1) is 12.2. The van der Waals surface area contributed by atoms with Crippen LogP contribution in [0.1, 0.15) is 78.8 Å². The molecule has 1 aliphatic rings. The molecular weight excluding hydrogens is 326 g/mol. The highest BCUT2D eigenvalue weighted by Gasteiger charge is 2.33. The van der Waals surface area contributed by atoms with E-state index in [1.165, 1.54) is 6.42 Å². The van der Waals surface area contributed by atoms with Gasteiger partial charge in [-0.25, -0.2) is 9.78 Å². The van der Waals surface area contributed by atoms with Crippen molar-refractivity contribution in [1.82, 2.24) is 9.88 Å². The van der Waals surface area contributed by atoms with Crippen LogP contribution in [-0.2, 0) is 4.74 Å². The number of likely N-dealkylation sites (tertiary alicyclic amines) is 1. The lowest BCUT2D eigenvalue weighted by atomic mass is 10.0. The lowest BCUT2D eigenvalue weighted by Crippen LogP contribution is -2.39. The van der Waals surface area contributed by atoms with Crippen molar-refractivity contribution in [1.29, 1.82) is 0 Å². The van der Waals surface area contributed by atoms with Gasteiger partial charge in [-0.1, -0.05) is 19.4 Å². The van der Waals surface area contributed by atoms with E-state index in [1.807, 2.05) is 26.8 Å². The Bertz CT molecular complexity index is 595. The Balaban J connectivity index is 2.37. The number of aromatic nitrogens is 1. The number of unbranched alkanes of at least 4 members (excludes halogenated alkanes) is 1. The maximum Gasteiger partial charge on any atom is 0.416 e. The average Bonchev–Trinajstić information content (AvgIpc) is 3.03. The molecule has 0 saturated carbocycles. The van der Waals surface area contributed by atoms with Crippen LogP contribution in [0, 0.1) is 0 Å². The molecule has 146 valence electrons. The summed E-state index contributed by atoms with van der Waals surface area (Å²) in [5.74, 6) is 0.757. The normalized spacial score (nSPS) is 18.3. The third-order valence-electron chi connectivity index (χ3n) is 4.74. The second kappa shape index (κ2) is 8.85. The van der Waals surface area contributed by atoms with Gasteiger partial charge in [0.1, 0.15) is 11.4 Å². The SMILES string of the molecule is CCCCN(C(=O)OC(C)(C)C)c1ncccc1C1CCCN1C(C)C. The Morgan fingerprint density at radius 2 is 2.15 bits per heavy atom. The Morgan fingerprint density at radius 1 is 1.42 bits per heavy atom. The van der Waals surface area contributed by atoms with E-state index >= 15 is 0 Å². The van der Waals surface area contributed by atoms with Gasteiger partial charge in [-0.15, -0.1) is 0 Å². The molecule has 1 fully saturated rings. The quantitative estimate of drug-likeness (QED) is 0.701. The van der Waals surface area contributed by atoms with Gasteiger partial charge in [0.15, 0.2) is 0 Å². The maximum absolute atomic E-state index is 12.9. The van der Waals surface area contributed by atoms with Crippen LogP contribution in [0.25, 0.3) is 0 Å². The number of rotatable bonds is 6. The van der Waals surface area contributed by atoms with Gasteiger partial charge >= 0.3 is 6.09 Å². The molecule has 5 nitrogen and oxygen atoms in total. The van der Waals surface area contributed by atoms with Crippen LogP contribution in [0.5, 0.6) is 0 Å². The molecule has 0 aliphatic carbocycles. The number of hydrogen-bond donors (Lipinski definition) is 0. The van der Waals surface area contributed by atoms with Gasteiger partial charge in [-0.2, -0.15) is 0 Å². The van der Waals surface area contributed by atoms with Gasteiger partial charge in [-0.05, 0) is 66.5 Å². The molecule has 1 saturated heterocycles. The summed E-state index contributed by atoms with van der Waals surface area (Å²) in [6, 6.07) is 4.88. The molecule has 1 aromatic heterocycles. The van der Waals surface area contributed by atoms with Crippen molar-refractivity contribution >= 4 is 11.9 Å². The van der Waals surface area contributed by atoms with E-state index in [-0.39, 0.29) is 6.09 Å². The largest absolute Gasteiger partial charge is 0.443 e. The summed E-state index contributed by atoms with van der Waals surface area (Å²) < 4.78 is 5.68. The third kappa shape index (κ3) is 5.19. The fourth-order valence-corrected chi connectivity index (χ4v) is 3.55. The van der Waals surface area contributed by atoms with Gasteiger partial charge < -0.3 is 4.74 Å². The standard InChI is InChI=1S/C21H35N3O2/c1-7-8-14-24(20(25)26-21(4,5)6)19-17(11-9-13-22-19)18-12-10-15-23(18)16(2)3/h9,11,13,16,18H,7-8,10,12,14-15H2,1-6H3. The van der Waals surface area contributed by atoms with Crippen molar-refractivity contribution < 1.29 is 9.53 Å². The minimum atomic E-state index is -0.520. The number of hydrogen-bond acceptors (Lipinski definition) is 4. The molecule has 1 atom stereocenters. The molecule has 0 radical (unpaired) electrons. The summed E-state index contributed by atoms with van der Waals surface area (Å²) in [6.07, 6.45) is 5.69. The Morgan fingerprint density at radius 3 is 2.77 bits per heavy atom. The summed E-state index contributed by atoms with van der Waals surface area (Å²) in [5, 5.41) is 0. The van der Waals surface area contributed by atoms with Crippen molar-refractivity contribution in [3.8, 4) is 0 Å². The maximum atomic E-state index is 12.9. The van der Waals surface area contributed by atoms with Crippen LogP contribution < -0.4 is 4.90 Å². The highest BCUT2D eigenvalue weighted by Crippen LogP contribution is 2.37. The first-order valence-electron chi connectivity index (χ1n) is 9.95. The van der Waals surface area contributed by atoms with Crippen molar-refractivity contribution in [2.24, 2.45) is 0 Å². The van der Waals surface area contributed by atoms with E-state index in [1.54, 1.807) is 11.1 Å². The summed E-state index contributed by atoms with van der Waals surface area (Å²) in [4.78, 5) is 21.8. The molecule has 0 spiro atoms. The summed E-state index contributed by atoms with van der Waals surface area (Å²) >= 11 is 0. The topological polar surface area (TPSA) is 45.7 Å². The molecule has 26 heavy (non-hydrogen) atoms. The molecule has 1 aromatic rings. The number of amides is 1. The van der Waals surface area contributed by atoms with Crippen LogP contribution >= 0.6 is 0 Å². The minimum absolute atomic E-state index is 0.306. The number of ether oxygens (including phenoxy) is 1. The fraction of sp³-hybridized carbons (Fsp3) is 0.714. The number of pyridine rings is 1. The zero-order valence-electron chi connectivity index (χ0n) is 17.3. The van der Waals surface area contributed by atoms with Gasteiger partial charge in [0.25, 0.3) is 0 Å². The van der Waals surface area contributed by atoms with Crippen molar-refractivity contribution in [2.45, 2.75) is 84.9 Å². The molecule has 5 heteroatoms. The van der Waals surface area contributed by atoms with Gasteiger partial charge in [0, 0.05) is 30.4 Å². The van der Waals surface area contributed by atoms with Crippen LogP contribution in [0.4, 0.5) is 10.6 Å². The monoisotopic (exact) mass is 361 g/mol. The average molecular weight is 362 g/mol. The van der Waals surface area contributed by atoms with Gasteiger partial charge in [-0.3, -0.25) is 9.80 Å². The highest BCUT2D eigenvalue weighted by molar-refractivity contribution is 5.87. The summed E-state index contributed by atoms with van der Waals surface area (Å²) in [7, 11) is 0. The second-order valence-electron chi connectivity index (χ2n) is 8.39. The number of carbonyl (C=O) groups is 1. The van der Waals surface area contributed by atoms with Crippen LogP contribution in [0.15, 0.2) is 18.3 Å². The van der Waals surface area contributed by atoms with E-state index in [2.05, 4.69) is 36.7 Å². The lowest BCUT2D eigenvalue weighted by molar-refractivity contribution is 0.0578. The van der Waals surface area contributed by atoms with E-state index in [9.17, 15) is 4.79 Å². The van der Waals surface area contributed by atoms with E-state index in [4.69, 9.17) is 4.74 Å². The predicted molar refractivity (Wildman–Crippen MR) is 107 cm³/mol. The van der Waals surface area contributed by atoms with E-state index in [0.29, 0.717) is 18.6 Å². The molecule has 0 bridgehead atoms. The van der Waals surface area contributed by atoms with E-state index in [0.717, 1.165) is 37.2 Å². The Kier molecular flexibility index (Phi) is 7.04. The molecule has 1 amide bonds. The van der Waals surface area contributed by atoms with Gasteiger partial charge in [0.05, 0.1) is 0 Å². The summed E-state index contributed by atoms with van der Waals surface area (Å²) in [5.41, 5.74) is 0.619. The zero-order valence-corrected chi connectivity index (χ0v) is 17.3. The zero-order chi connectivity index (χ0) is 19.3. The molecule has 1 aliphatic heterocycles. The second-order valence-corrected chi connectivity index (χ2v) is 8.39. The number of nitrogens with zero attached hydrogens (tertiary/aromatic N) is 3. The van der Waals surface area contributed by atoms with Crippen molar-refractivity contribution in [2.75, 3.05) is 18.0 Å². The first-order valence-corrected chi connectivity index (χ1v) is 9.95. The van der Waals surface area contributed by atoms with Crippen molar-refractivity contribution in [3.63, 3.8) is 0 Å². The molecule has 0 aromatic carbocycles. The van der Waals surface area contributed by atoms with E-state index < -0.39 is 5.60 Å². The van der Waals surface area contributed by atoms with Crippen LogP contribution in [0.2, 0.25) is 0 Å². The molecule has 2 heterocycles. The first kappa shape index (κ1) is 20.7. The number of carbonyl (C=O) groups excluding carboxylic acids is 1. The molecule has 2 rings (SSSR count). The number of anilines is 1. The van der Waals surface area contributed by atoms with Crippen LogP contribution in [0.3, 0.4) is 0 Å². The fourth-order valence-electron chi connectivity index (χ4n) is 3.55.